The molecule has 32 heavy (non-hydrogen) atoms. The number of aromatic nitrogens is 2. The summed E-state index contributed by atoms with van der Waals surface area (Å²) in [4.78, 5) is 38.8. The van der Waals surface area contributed by atoms with Crippen molar-refractivity contribution in [2.45, 2.75) is 25.9 Å². The van der Waals surface area contributed by atoms with Gasteiger partial charge in [-0.15, -0.1) is 22.7 Å². The van der Waals surface area contributed by atoms with E-state index in [9.17, 15) is 9.59 Å². The van der Waals surface area contributed by atoms with Crippen LogP contribution in [0, 0.1) is 0 Å². The zero-order valence-corrected chi connectivity index (χ0v) is 19.9. The standard InChI is InChI=1S/C21H23ClN6O2S2/c1-27(19(29)16-5-4-8-23-18(16)28-9-2-3-10-28)12-14-13-31-21(25-14)26-20(30)24-11-15-6-7-17(22)32-15/h4-8,13H,2-3,9-12H2,1H3,(H2,24,25,26,30). The second-order valence-corrected chi connectivity index (χ2v) is 10.0. The van der Waals surface area contributed by atoms with Crippen LogP contribution in [-0.4, -0.2) is 46.9 Å². The molecule has 0 radical (unpaired) electrons. The molecule has 3 amide bonds. The van der Waals surface area contributed by atoms with E-state index in [1.807, 2.05) is 17.5 Å². The molecule has 8 nitrogen and oxygen atoms in total. The topological polar surface area (TPSA) is 90.5 Å². The van der Waals surface area contributed by atoms with Crippen molar-refractivity contribution in [3.8, 4) is 0 Å². The molecule has 0 spiro atoms. The van der Waals surface area contributed by atoms with Gasteiger partial charge in [-0.1, -0.05) is 11.6 Å². The van der Waals surface area contributed by atoms with Crippen LogP contribution in [0.3, 0.4) is 0 Å². The van der Waals surface area contributed by atoms with Gasteiger partial charge in [0.2, 0.25) is 0 Å². The number of thiophene rings is 1. The predicted octanol–water partition coefficient (Wildman–Crippen LogP) is 4.45. The van der Waals surface area contributed by atoms with Gasteiger partial charge < -0.3 is 15.1 Å². The monoisotopic (exact) mass is 490 g/mol. The molecule has 0 unspecified atom stereocenters. The largest absolute Gasteiger partial charge is 0.356 e. The number of anilines is 2. The number of urea groups is 1. The molecule has 0 aliphatic carbocycles. The second-order valence-electron chi connectivity index (χ2n) is 7.39. The Morgan fingerprint density at radius 2 is 2.06 bits per heavy atom. The maximum atomic E-state index is 13.1. The lowest BCUT2D eigenvalue weighted by Crippen LogP contribution is -2.30. The van der Waals surface area contributed by atoms with E-state index in [0.717, 1.165) is 36.6 Å². The van der Waals surface area contributed by atoms with Crippen LogP contribution in [0.4, 0.5) is 15.7 Å². The van der Waals surface area contributed by atoms with Crippen molar-refractivity contribution in [1.82, 2.24) is 20.2 Å². The normalized spacial score (nSPS) is 13.2. The molecule has 0 bridgehead atoms. The highest BCUT2D eigenvalue weighted by molar-refractivity contribution is 7.16. The van der Waals surface area contributed by atoms with Gasteiger partial charge in [0, 0.05) is 36.6 Å². The van der Waals surface area contributed by atoms with E-state index in [-0.39, 0.29) is 11.9 Å². The molecule has 1 aliphatic rings. The van der Waals surface area contributed by atoms with Crippen molar-refractivity contribution >= 4 is 57.2 Å². The molecular weight excluding hydrogens is 468 g/mol. The number of carbonyl (C=O) groups excluding carboxylic acids is 2. The minimum atomic E-state index is -0.342. The number of amides is 3. The van der Waals surface area contributed by atoms with Crippen LogP contribution in [0.25, 0.3) is 0 Å². The molecule has 2 N–H and O–H groups in total. The summed E-state index contributed by atoms with van der Waals surface area (Å²) in [5, 5.41) is 7.81. The molecule has 1 saturated heterocycles. The number of thiazole rings is 1. The van der Waals surface area contributed by atoms with Crippen molar-refractivity contribution in [3.05, 3.63) is 56.3 Å². The van der Waals surface area contributed by atoms with Gasteiger partial charge in [0.15, 0.2) is 5.13 Å². The summed E-state index contributed by atoms with van der Waals surface area (Å²) in [5.41, 5.74) is 1.30. The van der Waals surface area contributed by atoms with Gasteiger partial charge in [0.25, 0.3) is 5.91 Å². The second kappa shape index (κ2) is 10.3. The Hall–Kier alpha value is -2.69. The molecule has 4 heterocycles. The lowest BCUT2D eigenvalue weighted by Gasteiger charge is -2.22. The Balaban J connectivity index is 1.33. The summed E-state index contributed by atoms with van der Waals surface area (Å²) in [7, 11) is 1.74. The fourth-order valence-corrected chi connectivity index (χ4v) is 5.18. The first-order valence-electron chi connectivity index (χ1n) is 10.2. The third-order valence-electron chi connectivity index (χ3n) is 4.99. The molecule has 1 aliphatic heterocycles. The molecular formula is C21H23ClN6O2S2. The third-order valence-corrected chi connectivity index (χ3v) is 7.03. The summed E-state index contributed by atoms with van der Waals surface area (Å²) in [6.45, 7) is 2.57. The van der Waals surface area contributed by atoms with Crippen LogP contribution >= 0.6 is 34.3 Å². The summed E-state index contributed by atoms with van der Waals surface area (Å²) < 4.78 is 0.685. The zero-order valence-electron chi connectivity index (χ0n) is 17.5. The number of hydrogen-bond donors (Lipinski definition) is 2. The van der Waals surface area contributed by atoms with Gasteiger partial charge in [0.05, 0.1) is 28.7 Å². The Kier molecular flexibility index (Phi) is 7.23. The van der Waals surface area contributed by atoms with E-state index >= 15 is 0 Å². The summed E-state index contributed by atoms with van der Waals surface area (Å²) in [5.74, 6) is 0.640. The quantitative estimate of drug-likeness (QED) is 0.510. The van der Waals surface area contributed by atoms with Crippen LogP contribution < -0.4 is 15.5 Å². The van der Waals surface area contributed by atoms with E-state index < -0.39 is 0 Å². The van der Waals surface area contributed by atoms with Crippen molar-refractivity contribution in [2.75, 3.05) is 30.4 Å². The molecule has 0 saturated carbocycles. The van der Waals surface area contributed by atoms with E-state index in [2.05, 4.69) is 25.5 Å². The average molecular weight is 491 g/mol. The van der Waals surface area contributed by atoms with Gasteiger partial charge in [-0.25, -0.2) is 14.8 Å². The minimum absolute atomic E-state index is 0.102. The van der Waals surface area contributed by atoms with Crippen molar-refractivity contribution in [2.24, 2.45) is 0 Å². The Labute approximate surface area is 199 Å². The first-order valence-corrected chi connectivity index (χ1v) is 12.3. The molecule has 0 aromatic carbocycles. The zero-order chi connectivity index (χ0) is 22.5. The summed E-state index contributed by atoms with van der Waals surface area (Å²) in [6.07, 6.45) is 3.95. The van der Waals surface area contributed by atoms with E-state index in [4.69, 9.17) is 11.6 Å². The van der Waals surface area contributed by atoms with Gasteiger partial charge in [-0.3, -0.25) is 10.1 Å². The molecule has 1 fully saturated rings. The Bertz CT molecular complexity index is 1100. The lowest BCUT2D eigenvalue weighted by atomic mass is 10.2. The van der Waals surface area contributed by atoms with E-state index in [0.29, 0.717) is 33.8 Å². The fourth-order valence-electron chi connectivity index (χ4n) is 3.46. The highest BCUT2D eigenvalue weighted by Crippen LogP contribution is 2.24. The number of nitrogens with one attached hydrogen (secondary N) is 2. The lowest BCUT2D eigenvalue weighted by molar-refractivity contribution is 0.0784. The van der Waals surface area contributed by atoms with Gasteiger partial charge in [0.1, 0.15) is 5.82 Å². The molecule has 0 atom stereocenters. The maximum Gasteiger partial charge on any atom is 0.321 e. The number of rotatable bonds is 7. The Morgan fingerprint density at radius 1 is 1.25 bits per heavy atom. The molecule has 11 heteroatoms. The highest BCUT2D eigenvalue weighted by atomic mass is 35.5. The number of halogens is 1. The Morgan fingerprint density at radius 3 is 2.81 bits per heavy atom. The summed E-state index contributed by atoms with van der Waals surface area (Å²) in [6, 6.07) is 6.93. The smallest absolute Gasteiger partial charge is 0.321 e. The maximum absolute atomic E-state index is 13.1. The highest BCUT2D eigenvalue weighted by Gasteiger charge is 2.23. The van der Waals surface area contributed by atoms with Crippen LogP contribution in [0.15, 0.2) is 35.8 Å². The van der Waals surface area contributed by atoms with Crippen LogP contribution in [0.5, 0.6) is 0 Å². The van der Waals surface area contributed by atoms with Gasteiger partial charge >= 0.3 is 6.03 Å². The molecule has 168 valence electrons. The van der Waals surface area contributed by atoms with Crippen molar-refractivity contribution in [3.63, 3.8) is 0 Å². The third kappa shape index (κ3) is 5.56. The molecule has 3 aromatic rings. The van der Waals surface area contributed by atoms with Crippen molar-refractivity contribution < 1.29 is 9.59 Å². The first kappa shape index (κ1) is 22.5. The molecule has 3 aromatic heterocycles. The van der Waals surface area contributed by atoms with Gasteiger partial charge in [-0.05, 0) is 37.1 Å². The number of carbonyl (C=O) groups is 2. The molecule has 4 rings (SSSR count). The van der Waals surface area contributed by atoms with Crippen LogP contribution in [0.2, 0.25) is 4.34 Å². The summed E-state index contributed by atoms with van der Waals surface area (Å²) >= 11 is 8.64. The SMILES string of the molecule is CN(Cc1csc(NC(=O)NCc2ccc(Cl)s2)n1)C(=O)c1cccnc1N1CCCC1. The van der Waals surface area contributed by atoms with Crippen molar-refractivity contribution in [1.29, 1.82) is 0 Å². The van der Waals surface area contributed by atoms with Crippen LogP contribution in [-0.2, 0) is 13.1 Å². The van der Waals surface area contributed by atoms with E-state index in [1.165, 1.54) is 22.7 Å². The van der Waals surface area contributed by atoms with E-state index in [1.54, 1.807) is 30.3 Å². The van der Waals surface area contributed by atoms with Gasteiger partial charge in [-0.2, -0.15) is 0 Å². The first-order chi connectivity index (χ1) is 15.5. The number of nitrogens with zero attached hydrogens (tertiary/aromatic N) is 4. The fraction of sp³-hybridized carbons (Fsp3) is 0.333. The number of pyridine rings is 1. The minimum Gasteiger partial charge on any atom is -0.356 e. The average Bonchev–Trinajstić information content (AvgIpc) is 3.55. The predicted molar refractivity (Wildman–Crippen MR) is 129 cm³/mol. The van der Waals surface area contributed by atoms with Crippen LogP contribution in [0.1, 0.15) is 33.8 Å². The number of hydrogen-bond acceptors (Lipinski definition) is 7.